The van der Waals surface area contributed by atoms with Crippen LogP contribution in [0.25, 0.3) is 11.1 Å². The average Bonchev–Trinajstić information content (AvgIpc) is 2.94. The fraction of sp³-hybridized carbons (Fsp3) is 0.286. The van der Waals surface area contributed by atoms with E-state index in [-0.39, 0.29) is 11.3 Å². The summed E-state index contributed by atoms with van der Waals surface area (Å²) in [5.74, 6) is -0.407. The van der Waals surface area contributed by atoms with Gasteiger partial charge in [0.1, 0.15) is 5.75 Å². The number of hydrogen-bond acceptors (Lipinski definition) is 4. The summed E-state index contributed by atoms with van der Waals surface area (Å²) in [7, 11) is 1.37. The molecule has 6 nitrogen and oxygen atoms in total. The monoisotopic (exact) mass is 329 g/mol. The highest BCUT2D eigenvalue weighted by atomic mass is 19.4. The molecule has 0 radical (unpaired) electrons. The molecule has 2 rings (SSSR count). The van der Waals surface area contributed by atoms with E-state index in [4.69, 9.17) is 15.6 Å². The first-order chi connectivity index (χ1) is 10.7. The van der Waals surface area contributed by atoms with Crippen LogP contribution in [0.1, 0.15) is 10.4 Å². The van der Waals surface area contributed by atoms with Crippen LogP contribution in [0.3, 0.4) is 0 Å². The van der Waals surface area contributed by atoms with E-state index in [9.17, 15) is 18.0 Å². The molecule has 23 heavy (non-hydrogen) atoms. The van der Waals surface area contributed by atoms with Gasteiger partial charge < -0.3 is 15.6 Å². The predicted molar refractivity (Wildman–Crippen MR) is 74.8 cm³/mol. The number of halogens is 3. The SMILES string of the molecule is COc1cc(-c2cnn(CC(O)C(F)(F)F)c2)ccc1C(N)=O. The standard InChI is InChI=1S/C14H14F3N3O3/c1-23-11-4-8(2-3-10(11)13(18)22)9-5-19-20(6-9)7-12(21)14(15,16)17/h2-6,12,21H,7H2,1H3,(H2,18,22). The van der Waals surface area contributed by atoms with Crippen molar-refractivity contribution in [1.29, 1.82) is 0 Å². The minimum atomic E-state index is -4.71. The van der Waals surface area contributed by atoms with E-state index < -0.39 is 24.7 Å². The number of aliphatic hydroxyl groups excluding tert-OH is 1. The van der Waals surface area contributed by atoms with Crippen molar-refractivity contribution in [2.75, 3.05) is 7.11 Å². The van der Waals surface area contributed by atoms with E-state index in [0.717, 1.165) is 4.68 Å². The molecule has 1 heterocycles. The largest absolute Gasteiger partial charge is 0.496 e. The average molecular weight is 329 g/mol. The smallest absolute Gasteiger partial charge is 0.416 e. The van der Waals surface area contributed by atoms with E-state index in [1.54, 1.807) is 6.07 Å². The Morgan fingerprint density at radius 3 is 2.70 bits per heavy atom. The summed E-state index contributed by atoms with van der Waals surface area (Å²) in [5, 5.41) is 12.8. The first kappa shape index (κ1) is 16.8. The number of nitrogens with zero attached hydrogens (tertiary/aromatic N) is 2. The molecule has 1 amide bonds. The quantitative estimate of drug-likeness (QED) is 0.871. The van der Waals surface area contributed by atoms with E-state index >= 15 is 0 Å². The van der Waals surface area contributed by atoms with Gasteiger partial charge in [0.25, 0.3) is 5.91 Å². The van der Waals surface area contributed by atoms with Crippen LogP contribution < -0.4 is 10.5 Å². The number of alkyl halides is 3. The number of primary amides is 1. The van der Waals surface area contributed by atoms with E-state index in [1.165, 1.54) is 31.6 Å². The van der Waals surface area contributed by atoms with Gasteiger partial charge in [0.05, 0.1) is 25.4 Å². The molecule has 0 aliphatic heterocycles. The molecule has 0 aliphatic carbocycles. The second kappa shape index (κ2) is 6.29. The topological polar surface area (TPSA) is 90.4 Å². The molecule has 0 bridgehead atoms. The number of nitrogens with two attached hydrogens (primary N) is 1. The van der Waals surface area contributed by atoms with Gasteiger partial charge in [0.15, 0.2) is 6.10 Å². The number of aromatic nitrogens is 2. The lowest BCUT2D eigenvalue weighted by Crippen LogP contribution is -2.32. The Morgan fingerprint density at radius 1 is 1.43 bits per heavy atom. The molecule has 2 aromatic rings. The molecule has 1 unspecified atom stereocenters. The molecule has 0 saturated heterocycles. The summed E-state index contributed by atoms with van der Waals surface area (Å²) in [4.78, 5) is 11.2. The molecule has 3 N–H and O–H groups in total. The minimum absolute atomic E-state index is 0.191. The summed E-state index contributed by atoms with van der Waals surface area (Å²) in [6, 6.07) is 4.56. The Morgan fingerprint density at radius 2 is 2.13 bits per heavy atom. The summed E-state index contributed by atoms with van der Waals surface area (Å²) in [5.41, 5.74) is 6.49. The van der Waals surface area contributed by atoms with Gasteiger partial charge in [-0.25, -0.2) is 0 Å². The van der Waals surface area contributed by atoms with Gasteiger partial charge in [-0.15, -0.1) is 0 Å². The third-order valence-electron chi connectivity index (χ3n) is 3.17. The molecule has 1 aromatic carbocycles. The van der Waals surface area contributed by atoms with Crippen molar-refractivity contribution >= 4 is 5.91 Å². The molecule has 1 atom stereocenters. The van der Waals surface area contributed by atoms with Crippen LogP contribution in [-0.4, -0.2) is 40.2 Å². The lowest BCUT2D eigenvalue weighted by Gasteiger charge is -2.13. The van der Waals surface area contributed by atoms with Crippen molar-refractivity contribution in [1.82, 2.24) is 9.78 Å². The van der Waals surface area contributed by atoms with Crippen molar-refractivity contribution < 1.29 is 27.8 Å². The molecule has 1 aromatic heterocycles. The molecule has 0 aliphatic rings. The zero-order valence-electron chi connectivity index (χ0n) is 12.0. The zero-order chi connectivity index (χ0) is 17.2. The van der Waals surface area contributed by atoms with Crippen LogP contribution in [0, 0.1) is 0 Å². The third-order valence-corrected chi connectivity index (χ3v) is 3.17. The van der Waals surface area contributed by atoms with Crippen LogP contribution in [0.5, 0.6) is 5.75 Å². The molecular formula is C14H14F3N3O3. The maximum Gasteiger partial charge on any atom is 0.416 e. The number of benzene rings is 1. The number of ether oxygens (including phenoxy) is 1. The first-order valence-corrected chi connectivity index (χ1v) is 6.48. The molecule has 0 fully saturated rings. The Hall–Kier alpha value is -2.55. The van der Waals surface area contributed by atoms with Crippen LogP contribution in [0.15, 0.2) is 30.6 Å². The predicted octanol–water partition coefficient (Wildman–Crippen LogP) is 1.58. The number of hydrogen-bond donors (Lipinski definition) is 2. The summed E-state index contributed by atoms with van der Waals surface area (Å²) >= 11 is 0. The maximum atomic E-state index is 12.3. The Labute approximate surface area is 129 Å². The van der Waals surface area contributed by atoms with E-state index in [1.807, 2.05) is 0 Å². The number of carbonyl (C=O) groups excluding carboxylic acids is 1. The Kier molecular flexibility index (Phi) is 4.60. The number of rotatable bonds is 5. The molecule has 0 saturated carbocycles. The maximum absolute atomic E-state index is 12.3. The van der Waals surface area contributed by atoms with Gasteiger partial charge in [-0.1, -0.05) is 6.07 Å². The van der Waals surface area contributed by atoms with Crippen LogP contribution in [0.2, 0.25) is 0 Å². The molecule has 0 spiro atoms. The van der Waals surface area contributed by atoms with Crippen LogP contribution >= 0.6 is 0 Å². The van der Waals surface area contributed by atoms with Gasteiger partial charge in [-0.05, 0) is 17.7 Å². The molecular weight excluding hydrogens is 315 g/mol. The highest BCUT2D eigenvalue weighted by Gasteiger charge is 2.38. The van der Waals surface area contributed by atoms with E-state index in [0.29, 0.717) is 11.1 Å². The number of carbonyl (C=O) groups is 1. The van der Waals surface area contributed by atoms with Gasteiger partial charge in [-0.2, -0.15) is 18.3 Å². The third kappa shape index (κ3) is 3.81. The second-order valence-electron chi connectivity index (χ2n) is 4.79. The van der Waals surface area contributed by atoms with Gasteiger partial charge >= 0.3 is 6.18 Å². The van der Waals surface area contributed by atoms with Crippen molar-refractivity contribution in [3.8, 4) is 16.9 Å². The molecule has 9 heteroatoms. The summed E-state index contributed by atoms with van der Waals surface area (Å²) in [6.07, 6.45) is -4.50. The highest BCUT2D eigenvalue weighted by molar-refractivity contribution is 5.96. The van der Waals surface area contributed by atoms with Gasteiger partial charge in [0, 0.05) is 11.8 Å². The number of methoxy groups -OCH3 is 1. The fourth-order valence-corrected chi connectivity index (χ4v) is 1.97. The van der Waals surface area contributed by atoms with E-state index in [2.05, 4.69) is 5.10 Å². The lowest BCUT2D eigenvalue weighted by atomic mass is 10.1. The highest BCUT2D eigenvalue weighted by Crippen LogP contribution is 2.27. The molecule has 124 valence electrons. The fourth-order valence-electron chi connectivity index (χ4n) is 1.97. The normalized spacial score (nSPS) is 12.9. The first-order valence-electron chi connectivity index (χ1n) is 6.48. The van der Waals surface area contributed by atoms with Crippen molar-refractivity contribution in [2.24, 2.45) is 5.73 Å². The van der Waals surface area contributed by atoms with Gasteiger partial charge in [0.2, 0.25) is 0 Å². The van der Waals surface area contributed by atoms with Crippen LogP contribution in [0.4, 0.5) is 13.2 Å². The summed E-state index contributed by atoms with van der Waals surface area (Å²) < 4.78 is 43.1. The minimum Gasteiger partial charge on any atom is -0.496 e. The van der Waals surface area contributed by atoms with Crippen molar-refractivity contribution in [3.63, 3.8) is 0 Å². The second-order valence-corrected chi connectivity index (χ2v) is 4.79. The van der Waals surface area contributed by atoms with Crippen molar-refractivity contribution in [2.45, 2.75) is 18.8 Å². The Bertz CT molecular complexity index is 713. The Balaban J connectivity index is 2.25. The lowest BCUT2D eigenvalue weighted by molar-refractivity contribution is -0.208. The van der Waals surface area contributed by atoms with Crippen LogP contribution in [-0.2, 0) is 6.54 Å². The van der Waals surface area contributed by atoms with Crippen molar-refractivity contribution in [3.05, 3.63) is 36.2 Å². The zero-order valence-corrected chi connectivity index (χ0v) is 12.0. The number of amides is 1. The van der Waals surface area contributed by atoms with Gasteiger partial charge in [-0.3, -0.25) is 9.48 Å². The summed E-state index contributed by atoms with van der Waals surface area (Å²) in [6.45, 7) is -0.708. The number of aliphatic hydroxyl groups is 1.